The van der Waals surface area contributed by atoms with E-state index in [0.717, 1.165) is 5.56 Å². The van der Waals surface area contributed by atoms with Crippen molar-refractivity contribution in [2.24, 2.45) is 5.41 Å². The summed E-state index contributed by atoms with van der Waals surface area (Å²) in [6, 6.07) is 7.29. The van der Waals surface area contributed by atoms with Crippen molar-refractivity contribution in [1.29, 1.82) is 0 Å². The van der Waals surface area contributed by atoms with E-state index in [1.165, 1.54) is 4.68 Å². The molecule has 0 atom stereocenters. The summed E-state index contributed by atoms with van der Waals surface area (Å²) in [5, 5.41) is 20.6. The molecule has 1 heterocycles. The minimum atomic E-state index is -0.955. The highest BCUT2D eigenvalue weighted by molar-refractivity contribution is 5.73. The summed E-state index contributed by atoms with van der Waals surface area (Å²) in [5.74, 6) is 0.303. The van der Waals surface area contributed by atoms with Crippen LogP contribution in [0.1, 0.15) is 13.8 Å². The molecule has 7 heteroatoms. The van der Waals surface area contributed by atoms with Crippen LogP contribution in [0.15, 0.2) is 24.3 Å². The Morgan fingerprint density at radius 3 is 2.85 bits per heavy atom. The molecule has 0 aliphatic rings. The number of aromatic nitrogens is 4. The molecule has 1 N–H and O–H groups in total. The number of ether oxygens (including phenoxy) is 1. The number of nitrogens with zero attached hydrogens (tertiary/aromatic N) is 4. The van der Waals surface area contributed by atoms with Crippen molar-refractivity contribution < 1.29 is 14.6 Å². The zero-order valence-electron chi connectivity index (χ0n) is 11.6. The predicted octanol–water partition coefficient (Wildman–Crippen LogP) is 1.46. The van der Waals surface area contributed by atoms with Gasteiger partial charge in [-0.1, -0.05) is 12.1 Å². The smallest absolute Gasteiger partial charge is 0.310 e. The van der Waals surface area contributed by atoms with Crippen LogP contribution in [-0.4, -0.2) is 38.4 Å². The topological polar surface area (TPSA) is 90.1 Å². The molecule has 0 saturated carbocycles. The van der Waals surface area contributed by atoms with Crippen molar-refractivity contribution in [3.05, 3.63) is 24.3 Å². The normalized spacial score (nSPS) is 11.3. The molecule has 0 aliphatic carbocycles. The molecule has 0 aliphatic heterocycles. The summed E-state index contributed by atoms with van der Waals surface area (Å²) in [4.78, 5) is 11.2. The fourth-order valence-corrected chi connectivity index (χ4v) is 1.72. The van der Waals surface area contributed by atoms with Crippen molar-refractivity contribution in [1.82, 2.24) is 20.2 Å². The van der Waals surface area contributed by atoms with Gasteiger partial charge in [0.1, 0.15) is 5.75 Å². The third-order valence-electron chi connectivity index (χ3n) is 2.98. The van der Waals surface area contributed by atoms with E-state index in [-0.39, 0.29) is 6.54 Å². The zero-order chi connectivity index (χ0) is 14.8. The first-order valence-electron chi connectivity index (χ1n) is 6.08. The van der Waals surface area contributed by atoms with Gasteiger partial charge in [0.25, 0.3) is 0 Å². The maximum Gasteiger partial charge on any atom is 0.310 e. The quantitative estimate of drug-likeness (QED) is 0.889. The number of aliphatic carboxylic acids is 1. The van der Waals surface area contributed by atoms with E-state index in [2.05, 4.69) is 15.5 Å². The maximum atomic E-state index is 11.2. The van der Waals surface area contributed by atoms with Gasteiger partial charge in [0.15, 0.2) is 5.82 Å². The fourth-order valence-electron chi connectivity index (χ4n) is 1.72. The number of hydrogen-bond donors (Lipinski definition) is 1. The number of hydrogen-bond acceptors (Lipinski definition) is 5. The Bertz CT molecular complexity index is 622. The second-order valence-corrected chi connectivity index (χ2v) is 5.08. The molecule has 7 nitrogen and oxygen atoms in total. The highest BCUT2D eigenvalue weighted by atomic mass is 16.5. The van der Waals surface area contributed by atoms with Crippen LogP contribution in [0.4, 0.5) is 0 Å². The molecule has 2 rings (SSSR count). The van der Waals surface area contributed by atoms with Gasteiger partial charge < -0.3 is 9.84 Å². The highest BCUT2D eigenvalue weighted by Crippen LogP contribution is 2.24. The average molecular weight is 276 g/mol. The zero-order valence-corrected chi connectivity index (χ0v) is 11.6. The molecule has 0 amide bonds. The summed E-state index contributed by atoms with van der Waals surface area (Å²) >= 11 is 0. The Balaban J connectivity index is 2.35. The summed E-state index contributed by atoms with van der Waals surface area (Å²) in [6.07, 6.45) is 0. The number of carboxylic acids is 1. The number of carbonyl (C=O) groups is 1. The third kappa shape index (κ3) is 2.76. The third-order valence-corrected chi connectivity index (χ3v) is 2.98. The first-order chi connectivity index (χ1) is 9.44. The van der Waals surface area contributed by atoms with E-state index in [1.807, 2.05) is 18.2 Å². The number of tetrazole rings is 1. The summed E-state index contributed by atoms with van der Waals surface area (Å²) in [5.41, 5.74) is -0.182. The number of benzene rings is 1. The Morgan fingerprint density at radius 1 is 1.45 bits per heavy atom. The van der Waals surface area contributed by atoms with E-state index >= 15 is 0 Å². The largest absolute Gasteiger partial charge is 0.497 e. The van der Waals surface area contributed by atoms with Gasteiger partial charge in [-0.3, -0.25) is 4.79 Å². The lowest BCUT2D eigenvalue weighted by Crippen LogP contribution is -2.30. The lowest BCUT2D eigenvalue weighted by Gasteiger charge is -2.19. The Morgan fingerprint density at radius 2 is 2.20 bits per heavy atom. The Labute approximate surface area is 116 Å². The molecular weight excluding hydrogens is 260 g/mol. The van der Waals surface area contributed by atoms with Crippen LogP contribution in [-0.2, 0) is 11.3 Å². The fraction of sp³-hybridized carbons (Fsp3) is 0.385. The van der Waals surface area contributed by atoms with E-state index in [0.29, 0.717) is 11.6 Å². The lowest BCUT2D eigenvalue weighted by molar-refractivity contribution is -0.147. The molecular formula is C13H16N4O3. The molecule has 0 radical (unpaired) electrons. The van der Waals surface area contributed by atoms with Gasteiger partial charge >= 0.3 is 5.97 Å². The minimum absolute atomic E-state index is 0.182. The van der Waals surface area contributed by atoms with E-state index < -0.39 is 11.4 Å². The van der Waals surface area contributed by atoms with Crippen LogP contribution >= 0.6 is 0 Å². The van der Waals surface area contributed by atoms with Gasteiger partial charge in [0.05, 0.1) is 19.1 Å². The van der Waals surface area contributed by atoms with Crippen molar-refractivity contribution in [2.45, 2.75) is 20.4 Å². The van der Waals surface area contributed by atoms with Crippen molar-refractivity contribution in [2.75, 3.05) is 7.11 Å². The Hall–Kier alpha value is -2.44. The summed E-state index contributed by atoms with van der Waals surface area (Å²) < 4.78 is 6.65. The summed E-state index contributed by atoms with van der Waals surface area (Å²) in [6.45, 7) is 3.45. The van der Waals surface area contributed by atoms with Crippen molar-refractivity contribution in [3.8, 4) is 17.1 Å². The SMILES string of the molecule is COc1cccc(-c2nnnn2CC(C)(C)C(=O)O)c1. The van der Waals surface area contributed by atoms with Crippen LogP contribution in [0.2, 0.25) is 0 Å². The van der Waals surface area contributed by atoms with Crippen LogP contribution in [0, 0.1) is 5.41 Å². The van der Waals surface area contributed by atoms with Crippen LogP contribution in [0.5, 0.6) is 5.75 Å². The summed E-state index contributed by atoms with van der Waals surface area (Å²) in [7, 11) is 1.58. The molecule has 0 spiro atoms. The molecule has 1 aromatic carbocycles. The number of rotatable bonds is 5. The van der Waals surface area contributed by atoms with E-state index in [9.17, 15) is 9.90 Å². The predicted molar refractivity (Wildman–Crippen MR) is 71.2 cm³/mol. The molecule has 0 bridgehead atoms. The monoisotopic (exact) mass is 276 g/mol. The van der Waals surface area contributed by atoms with Gasteiger partial charge in [0, 0.05) is 5.56 Å². The molecule has 0 saturated heterocycles. The second kappa shape index (κ2) is 5.28. The number of methoxy groups -OCH3 is 1. The van der Waals surface area contributed by atoms with E-state index in [1.54, 1.807) is 27.0 Å². The molecule has 0 unspecified atom stereocenters. The van der Waals surface area contributed by atoms with Crippen LogP contribution in [0.3, 0.4) is 0 Å². The Kier molecular flexibility index (Phi) is 3.69. The average Bonchev–Trinajstić information content (AvgIpc) is 2.86. The highest BCUT2D eigenvalue weighted by Gasteiger charge is 2.29. The standard InChI is InChI=1S/C13H16N4O3/c1-13(2,12(18)19)8-17-11(14-15-16-17)9-5-4-6-10(7-9)20-3/h4-7H,8H2,1-3H3,(H,18,19). The molecule has 1 aromatic heterocycles. The molecule has 20 heavy (non-hydrogen) atoms. The molecule has 106 valence electrons. The van der Waals surface area contributed by atoms with Gasteiger partial charge in [-0.15, -0.1) is 5.10 Å². The van der Waals surface area contributed by atoms with Crippen molar-refractivity contribution in [3.63, 3.8) is 0 Å². The van der Waals surface area contributed by atoms with Crippen LogP contribution in [0.25, 0.3) is 11.4 Å². The van der Waals surface area contributed by atoms with Gasteiger partial charge in [-0.05, 0) is 36.4 Å². The van der Waals surface area contributed by atoms with E-state index in [4.69, 9.17) is 4.74 Å². The first kappa shape index (κ1) is 14.0. The van der Waals surface area contributed by atoms with Crippen molar-refractivity contribution >= 4 is 5.97 Å². The molecule has 2 aromatic rings. The second-order valence-electron chi connectivity index (χ2n) is 5.08. The van der Waals surface area contributed by atoms with Gasteiger partial charge in [-0.25, -0.2) is 4.68 Å². The lowest BCUT2D eigenvalue weighted by atomic mass is 9.94. The maximum absolute atomic E-state index is 11.2. The van der Waals surface area contributed by atoms with Gasteiger partial charge in [0.2, 0.25) is 0 Å². The van der Waals surface area contributed by atoms with Crippen LogP contribution < -0.4 is 4.74 Å². The minimum Gasteiger partial charge on any atom is -0.497 e. The van der Waals surface area contributed by atoms with Gasteiger partial charge in [-0.2, -0.15) is 0 Å². The molecule has 0 fully saturated rings. The first-order valence-corrected chi connectivity index (χ1v) is 6.08. The number of carboxylic acid groups (broad SMARTS) is 1.